The Balaban J connectivity index is 1.45. The third kappa shape index (κ3) is 8.76. The van der Waals surface area contributed by atoms with Crippen LogP contribution in [0.15, 0.2) is 83.4 Å². The number of likely N-dealkylation sites (tertiary alicyclic amines) is 1. The number of piperidine rings is 1. The first-order chi connectivity index (χ1) is 21.0. The van der Waals surface area contributed by atoms with Crippen LogP contribution in [0, 0.1) is 12.3 Å². The lowest BCUT2D eigenvalue weighted by Gasteiger charge is -2.37. The molecule has 0 aromatic heterocycles. The molecular weight excluding hydrogens is 567 g/mol. The molecule has 1 saturated heterocycles. The predicted octanol–water partition coefficient (Wildman–Crippen LogP) is 6.82. The van der Waals surface area contributed by atoms with Crippen LogP contribution in [0.1, 0.15) is 43.7 Å². The molecule has 10 heteroatoms. The van der Waals surface area contributed by atoms with Crippen LogP contribution in [0.2, 0.25) is 0 Å². The van der Waals surface area contributed by atoms with Gasteiger partial charge in [-0.05, 0) is 93.5 Å². The van der Waals surface area contributed by atoms with Crippen LogP contribution in [0.4, 0.5) is 30.2 Å². The first-order valence-electron chi connectivity index (χ1n) is 14.9. The van der Waals surface area contributed by atoms with Crippen molar-refractivity contribution in [1.29, 1.82) is 0 Å². The van der Waals surface area contributed by atoms with Gasteiger partial charge in [-0.1, -0.05) is 43.7 Å². The van der Waals surface area contributed by atoms with Crippen molar-refractivity contribution < 1.29 is 22.8 Å². The minimum Gasteiger partial charge on any atom is -0.325 e. The van der Waals surface area contributed by atoms with Crippen molar-refractivity contribution in [3.05, 3.63) is 89.5 Å². The maximum atomic E-state index is 13.7. The van der Waals surface area contributed by atoms with E-state index >= 15 is 0 Å². The Labute approximate surface area is 257 Å². The summed E-state index contributed by atoms with van der Waals surface area (Å²) < 4.78 is 39.8. The number of carbonyl (C=O) groups excluding carboxylic acids is 2. The molecule has 0 bridgehead atoms. The van der Waals surface area contributed by atoms with E-state index in [4.69, 9.17) is 0 Å². The molecule has 2 aliphatic rings. The van der Waals surface area contributed by atoms with Gasteiger partial charge in [-0.25, -0.2) is 0 Å². The number of aliphatic imine (C=N–C) groups is 1. The van der Waals surface area contributed by atoms with Crippen molar-refractivity contribution in [3.63, 3.8) is 0 Å². The fraction of sp³-hybridized carbons (Fsp3) is 0.382. The van der Waals surface area contributed by atoms with E-state index in [9.17, 15) is 22.8 Å². The molecule has 2 amide bonds. The number of halogens is 3. The first-order valence-corrected chi connectivity index (χ1v) is 14.9. The Kier molecular flexibility index (Phi) is 10.9. The molecule has 1 heterocycles. The number of allylic oxidation sites excluding steroid dienone is 4. The smallest absolute Gasteiger partial charge is 0.325 e. The van der Waals surface area contributed by atoms with Gasteiger partial charge in [-0.15, -0.1) is 0 Å². The van der Waals surface area contributed by atoms with Crippen molar-refractivity contribution in [1.82, 2.24) is 10.2 Å². The molecule has 2 atom stereocenters. The minimum absolute atomic E-state index is 0.0429. The zero-order valence-electron chi connectivity index (χ0n) is 25.2. The lowest BCUT2D eigenvalue weighted by atomic mass is 9.75. The van der Waals surface area contributed by atoms with Crippen molar-refractivity contribution in [2.24, 2.45) is 10.4 Å². The average Bonchev–Trinajstić information content (AvgIpc) is 2.99. The normalized spacial score (nSPS) is 19.8. The standard InChI is InChI=1S/C34H40F3N5O2/c1-24-23-26(12-13-27(24)34(35,36)37)40-32(44)31(39-19-22-42-20-7-4-8-21-42)33(2)17-15-25(16-18-33)11-14-30(43)41-29-10-6-5-9-28(29)38-3/h5-6,9-17,23,31,39H,3-4,7-8,18-22H2,1-2H3,(H,40,44)(H,41,43)/b14-11+. The molecule has 44 heavy (non-hydrogen) atoms. The second-order valence-electron chi connectivity index (χ2n) is 11.6. The van der Waals surface area contributed by atoms with Crippen molar-refractivity contribution in [2.45, 2.75) is 51.7 Å². The predicted molar refractivity (Wildman–Crippen MR) is 170 cm³/mol. The average molecular weight is 608 g/mol. The summed E-state index contributed by atoms with van der Waals surface area (Å²) in [4.78, 5) is 32.5. The van der Waals surface area contributed by atoms with E-state index in [1.54, 1.807) is 24.3 Å². The summed E-state index contributed by atoms with van der Waals surface area (Å²) in [5.74, 6) is -0.636. The van der Waals surface area contributed by atoms with E-state index in [0.717, 1.165) is 44.1 Å². The lowest BCUT2D eigenvalue weighted by molar-refractivity contribution is -0.138. The highest BCUT2D eigenvalue weighted by Crippen LogP contribution is 2.36. The summed E-state index contributed by atoms with van der Waals surface area (Å²) >= 11 is 0. The fourth-order valence-corrected chi connectivity index (χ4v) is 5.61. The Hall–Kier alpha value is -4.02. The molecule has 4 rings (SSSR count). The van der Waals surface area contributed by atoms with Crippen molar-refractivity contribution in [2.75, 3.05) is 36.8 Å². The number of alkyl halides is 3. The number of nitrogens with one attached hydrogen (secondary N) is 3. The molecule has 0 saturated carbocycles. The Morgan fingerprint density at radius 3 is 2.52 bits per heavy atom. The third-order valence-electron chi connectivity index (χ3n) is 8.14. The maximum Gasteiger partial charge on any atom is 0.416 e. The summed E-state index contributed by atoms with van der Waals surface area (Å²) in [6.45, 7) is 10.3. The lowest BCUT2D eigenvalue weighted by Crippen LogP contribution is -2.53. The molecule has 1 fully saturated rings. The highest BCUT2D eigenvalue weighted by molar-refractivity contribution is 6.01. The summed E-state index contributed by atoms with van der Waals surface area (Å²) in [5.41, 5.74) is 0.956. The van der Waals surface area contributed by atoms with Gasteiger partial charge in [0, 0.05) is 30.3 Å². The Bertz CT molecular complexity index is 1440. The quantitative estimate of drug-likeness (QED) is 0.193. The zero-order chi connectivity index (χ0) is 31.7. The summed E-state index contributed by atoms with van der Waals surface area (Å²) in [5, 5.41) is 9.08. The van der Waals surface area contributed by atoms with E-state index in [-0.39, 0.29) is 17.4 Å². The zero-order valence-corrected chi connectivity index (χ0v) is 25.2. The van der Waals surface area contributed by atoms with Crippen LogP contribution < -0.4 is 16.0 Å². The number of amides is 2. The van der Waals surface area contributed by atoms with E-state index < -0.39 is 23.2 Å². The Morgan fingerprint density at radius 1 is 1.11 bits per heavy atom. The highest BCUT2D eigenvalue weighted by atomic mass is 19.4. The number of hydrogen-bond acceptors (Lipinski definition) is 5. The van der Waals surface area contributed by atoms with Gasteiger partial charge >= 0.3 is 6.18 Å². The van der Waals surface area contributed by atoms with Gasteiger partial charge in [0.05, 0.1) is 23.0 Å². The monoisotopic (exact) mass is 607 g/mol. The molecule has 1 aliphatic carbocycles. The Morgan fingerprint density at radius 2 is 1.86 bits per heavy atom. The number of carbonyl (C=O) groups is 2. The molecule has 7 nitrogen and oxygen atoms in total. The maximum absolute atomic E-state index is 13.7. The summed E-state index contributed by atoms with van der Waals surface area (Å²) in [6.07, 6.45) is 8.55. The number of aryl methyl sites for hydroxylation is 1. The number of para-hydroxylation sites is 2. The summed E-state index contributed by atoms with van der Waals surface area (Å²) in [6, 6.07) is 10.1. The van der Waals surface area contributed by atoms with Gasteiger partial charge in [0.15, 0.2) is 0 Å². The van der Waals surface area contributed by atoms with Gasteiger partial charge < -0.3 is 20.9 Å². The number of anilines is 2. The first kappa shape index (κ1) is 32.9. The largest absolute Gasteiger partial charge is 0.416 e. The van der Waals surface area contributed by atoms with E-state index in [1.807, 2.05) is 31.2 Å². The molecule has 2 aromatic carbocycles. The molecule has 0 radical (unpaired) electrons. The number of hydrogen-bond donors (Lipinski definition) is 3. The number of nitrogens with zero attached hydrogens (tertiary/aromatic N) is 2. The van der Waals surface area contributed by atoms with Crippen molar-refractivity contribution >= 4 is 35.6 Å². The second kappa shape index (κ2) is 14.6. The molecule has 234 valence electrons. The van der Waals surface area contributed by atoms with Crippen LogP contribution in [-0.2, 0) is 15.8 Å². The number of rotatable bonds is 11. The minimum atomic E-state index is -4.46. The van der Waals surface area contributed by atoms with E-state index in [0.29, 0.717) is 30.0 Å². The third-order valence-corrected chi connectivity index (χ3v) is 8.14. The van der Waals surface area contributed by atoms with Crippen LogP contribution >= 0.6 is 0 Å². The SMILES string of the molecule is C=Nc1ccccc1NC(=O)/C=C/C1=CCC(C)(C(NCCN2CCCCC2)C(=O)Nc2ccc(C(F)(F)F)c(C)c2)C=C1. The van der Waals surface area contributed by atoms with Gasteiger partial charge in [-0.2, -0.15) is 13.2 Å². The van der Waals surface area contributed by atoms with Crippen LogP contribution in [-0.4, -0.2) is 55.7 Å². The van der Waals surface area contributed by atoms with Crippen LogP contribution in [0.5, 0.6) is 0 Å². The molecule has 2 aromatic rings. The topological polar surface area (TPSA) is 85.8 Å². The molecule has 1 aliphatic heterocycles. The fourth-order valence-electron chi connectivity index (χ4n) is 5.61. The van der Waals surface area contributed by atoms with Crippen LogP contribution in [0.3, 0.4) is 0 Å². The van der Waals surface area contributed by atoms with Gasteiger partial charge in [0.25, 0.3) is 0 Å². The number of benzene rings is 2. The van der Waals surface area contributed by atoms with Gasteiger partial charge in [0.1, 0.15) is 0 Å². The second-order valence-corrected chi connectivity index (χ2v) is 11.6. The van der Waals surface area contributed by atoms with E-state index in [1.165, 1.54) is 31.6 Å². The summed E-state index contributed by atoms with van der Waals surface area (Å²) in [7, 11) is 0. The van der Waals surface area contributed by atoms with E-state index in [2.05, 4.69) is 32.6 Å². The van der Waals surface area contributed by atoms with Crippen LogP contribution in [0.25, 0.3) is 0 Å². The highest BCUT2D eigenvalue weighted by Gasteiger charge is 2.38. The molecular formula is C34H40F3N5O2. The van der Waals surface area contributed by atoms with Gasteiger partial charge in [-0.3, -0.25) is 14.6 Å². The molecule has 3 N–H and O–H groups in total. The van der Waals surface area contributed by atoms with Gasteiger partial charge in [0.2, 0.25) is 11.8 Å². The molecule has 2 unspecified atom stereocenters. The van der Waals surface area contributed by atoms with Crippen molar-refractivity contribution in [3.8, 4) is 0 Å². The molecule has 0 spiro atoms.